The van der Waals surface area contributed by atoms with Crippen LogP contribution in [0.5, 0.6) is 0 Å². The summed E-state index contributed by atoms with van der Waals surface area (Å²) in [4.78, 5) is 23.8. The summed E-state index contributed by atoms with van der Waals surface area (Å²) in [7, 11) is -3.24. The van der Waals surface area contributed by atoms with E-state index in [1.54, 1.807) is 6.92 Å². The molecule has 1 unspecified atom stereocenters. The van der Waals surface area contributed by atoms with Crippen molar-refractivity contribution >= 4 is 27.4 Å². The van der Waals surface area contributed by atoms with Crippen molar-refractivity contribution in [2.24, 2.45) is 0 Å². The number of benzene rings is 1. The highest BCUT2D eigenvalue weighted by atomic mass is 32.2. The maximum atomic E-state index is 12.7. The predicted octanol–water partition coefficient (Wildman–Crippen LogP) is 2.51. The van der Waals surface area contributed by atoms with Crippen LogP contribution in [0, 0.1) is 0 Å². The number of nitrogens with one attached hydrogen (secondary N) is 2. The molecule has 3 aliphatic rings. The van der Waals surface area contributed by atoms with Crippen molar-refractivity contribution in [2.45, 2.75) is 56.2 Å². The van der Waals surface area contributed by atoms with Crippen LogP contribution in [0.4, 0.5) is 16.3 Å². The fourth-order valence-corrected chi connectivity index (χ4v) is 5.66. The first kappa shape index (κ1) is 22.1. The minimum atomic E-state index is -3.24. The number of nitrogens with zero attached hydrogens (tertiary/aromatic N) is 3. The third kappa shape index (κ3) is 4.67. The summed E-state index contributed by atoms with van der Waals surface area (Å²) in [5, 5.41) is 5.27. The van der Waals surface area contributed by atoms with Gasteiger partial charge in [-0.15, -0.1) is 0 Å². The van der Waals surface area contributed by atoms with Crippen LogP contribution in [0.2, 0.25) is 0 Å². The van der Waals surface area contributed by atoms with E-state index in [4.69, 9.17) is 14.7 Å². The Balaban J connectivity index is 1.48. The third-order valence-corrected chi connectivity index (χ3v) is 8.55. The Labute approximate surface area is 193 Å². The van der Waals surface area contributed by atoms with Crippen LogP contribution in [0.1, 0.15) is 37.9 Å². The molecule has 33 heavy (non-hydrogen) atoms. The zero-order valence-electron chi connectivity index (χ0n) is 18.9. The van der Waals surface area contributed by atoms with E-state index in [1.807, 2.05) is 24.3 Å². The lowest BCUT2D eigenvalue weighted by molar-refractivity contribution is 0.0984. The summed E-state index contributed by atoms with van der Waals surface area (Å²) in [6.45, 7) is 5.59. The highest BCUT2D eigenvalue weighted by Gasteiger charge is 2.35. The molecule has 0 bridgehead atoms. The summed E-state index contributed by atoms with van der Waals surface area (Å²) in [5.41, 5.74) is 3.01. The van der Waals surface area contributed by atoms with Crippen molar-refractivity contribution < 1.29 is 17.9 Å². The number of morpholine rings is 1. The monoisotopic (exact) mass is 471 g/mol. The maximum absolute atomic E-state index is 12.7. The largest absolute Gasteiger partial charge is 0.377 e. The zero-order chi connectivity index (χ0) is 23.2. The number of carbonyl (C=O) groups excluding carboxylic acids is 1. The van der Waals surface area contributed by atoms with Crippen molar-refractivity contribution in [2.75, 3.05) is 30.0 Å². The van der Waals surface area contributed by atoms with E-state index < -0.39 is 15.1 Å². The minimum Gasteiger partial charge on any atom is -0.377 e. The standard InChI is InChI=1S/C23H29N5O4S/c1-14-12-32-10-9-28(14)22-19-13-33(30,31)15(2)11-20(19)26-21(27-22)16-3-5-17(6-4-16)24-23(29)25-18-7-8-18/h3-6,14-15,18H,7-13H2,1-2H3,(H2,24,25,29)/t14-,15?/m0/s1. The average molecular weight is 472 g/mol. The number of fused-ring (bicyclic) bond motifs is 1. The van der Waals surface area contributed by atoms with E-state index in [9.17, 15) is 13.2 Å². The molecule has 0 spiro atoms. The van der Waals surface area contributed by atoms with Crippen molar-refractivity contribution in [3.63, 3.8) is 0 Å². The Morgan fingerprint density at radius 1 is 1.15 bits per heavy atom. The second-order valence-corrected chi connectivity index (χ2v) is 11.6. The molecule has 5 rings (SSSR count). The SMILES string of the molecule is CC1Cc2nc(-c3ccc(NC(=O)NC4CC4)cc3)nc(N3CCOC[C@@H]3C)c2CS1(=O)=O. The first-order chi connectivity index (χ1) is 15.8. The quantitative estimate of drug-likeness (QED) is 0.704. The van der Waals surface area contributed by atoms with Crippen LogP contribution >= 0.6 is 0 Å². The van der Waals surface area contributed by atoms with Gasteiger partial charge in [0.05, 0.1) is 36.0 Å². The van der Waals surface area contributed by atoms with E-state index >= 15 is 0 Å². The Morgan fingerprint density at radius 3 is 2.61 bits per heavy atom. The lowest BCUT2D eigenvalue weighted by atomic mass is 10.1. The van der Waals surface area contributed by atoms with E-state index in [-0.39, 0.29) is 17.8 Å². The van der Waals surface area contributed by atoms with Gasteiger partial charge in [0.1, 0.15) is 5.82 Å². The normalized spacial score (nSPS) is 24.1. The molecule has 10 heteroatoms. The second-order valence-electron chi connectivity index (χ2n) is 9.19. The highest BCUT2D eigenvalue weighted by molar-refractivity contribution is 7.91. The molecule has 176 valence electrons. The van der Waals surface area contributed by atoms with Gasteiger partial charge in [0.15, 0.2) is 15.7 Å². The lowest BCUT2D eigenvalue weighted by Gasteiger charge is -2.37. The molecule has 3 heterocycles. The van der Waals surface area contributed by atoms with Crippen molar-refractivity contribution in [1.82, 2.24) is 15.3 Å². The fraction of sp³-hybridized carbons (Fsp3) is 0.522. The molecular weight excluding hydrogens is 442 g/mol. The number of hydrogen-bond acceptors (Lipinski definition) is 7. The van der Waals surface area contributed by atoms with Crippen molar-refractivity contribution in [1.29, 1.82) is 0 Å². The number of aromatic nitrogens is 2. The van der Waals surface area contributed by atoms with Gasteiger partial charge < -0.3 is 20.3 Å². The van der Waals surface area contributed by atoms with Gasteiger partial charge in [0.25, 0.3) is 0 Å². The molecule has 1 aromatic heterocycles. The van der Waals surface area contributed by atoms with Crippen LogP contribution in [-0.4, -0.2) is 61.5 Å². The summed E-state index contributed by atoms with van der Waals surface area (Å²) in [6, 6.07) is 7.59. The number of rotatable bonds is 4. The molecule has 1 saturated heterocycles. The molecule has 1 aliphatic carbocycles. The van der Waals surface area contributed by atoms with Gasteiger partial charge in [-0.1, -0.05) is 0 Å². The molecule has 2 aliphatic heterocycles. The Hall–Kier alpha value is -2.72. The van der Waals surface area contributed by atoms with E-state index in [2.05, 4.69) is 22.5 Å². The number of anilines is 2. The number of amides is 2. The van der Waals surface area contributed by atoms with Crippen molar-refractivity contribution in [3.8, 4) is 11.4 Å². The third-order valence-electron chi connectivity index (χ3n) is 6.46. The van der Waals surface area contributed by atoms with Gasteiger partial charge >= 0.3 is 6.03 Å². The van der Waals surface area contributed by atoms with Gasteiger partial charge in [0, 0.05) is 35.8 Å². The summed E-state index contributed by atoms with van der Waals surface area (Å²) >= 11 is 0. The first-order valence-corrected chi connectivity index (χ1v) is 13.2. The van der Waals surface area contributed by atoms with Crippen LogP contribution < -0.4 is 15.5 Å². The highest BCUT2D eigenvalue weighted by Crippen LogP contribution is 2.34. The summed E-state index contributed by atoms with van der Waals surface area (Å²) in [5.74, 6) is 1.21. The molecule has 9 nitrogen and oxygen atoms in total. The van der Waals surface area contributed by atoms with Gasteiger partial charge in [-0.05, 0) is 51.0 Å². The Morgan fingerprint density at radius 2 is 1.91 bits per heavy atom. The summed E-state index contributed by atoms with van der Waals surface area (Å²) < 4.78 is 30.9. The molecule has 2 N–H and O–H groups in total. The number of urea groups is 1. The van der Waals surface area contributed by atoms with Crippen LogP contribution in [0.15, 0.2) is 24.3 Å². The number of hydrogen-bond donors (Lipinski definition) is 2. The number of sulfone groups is 1. The molecule has 1 saturated carbocycles. The number of ether oxygens (including phenoxy) is 1. The molecule has 1 aromatic carbocycles. The van der Waals surface area contributed by atoms with Crippen molar-refractivity contribution in [3.05, 3.63) is 35.5 Å². The lowest BCUT2D eigenvalue weighted by Crippen LogP contribution is -2.45. The number of carbonyl (C=O) groups is 1. The molecule has 0 radical (unpaired) electrons. The first-order valence-electron chi connectivity index (χ1n) is 11.4. The second kappa shape index (κ2) is 8.57. The topological polar surface area (TPSA) is 114 Å². The summed E-state index contributed by atoms with van der Waals surface area (Å²) in [6.07, 6.45) is 2.44. The maximum Gasteiger partial charge on any atom is 0.319 e. The Bertz CT molecular complexity index is 1160. The average Bonchev–Trinajstić information content (AvgIpc) is 3.59. The van der Waals surface area contributed by atoms with Gasteiger partial charge in [-0.25, -0.2) is 23.2 Å². The fourth-order valence-electron chi connectivity index (χ4n) is 4.27. The smallest absolute Gasteiger partial charge is 0.319 e. The molecule has 2 aromatic rings. The van der Waals surface area contributed by atoms with Gasteiger partial charge in [-0.2, -0.15) is 0 Å². The molecule has 2 atom stereocenters. The van der Waals surface area contributed by atoms with Gasteiger partial charge in [-0.3, -0.25) is 0 Å². The van der Waals surface area contributed by atoms with E-state index in [0.29, 0.717) is 55.1 Å². The molecule has 2 fully saturated rings. The van der Waals surface area contributed by atoms with Crippen LogP contribution in [-0.2, 0) is 26.7 Å². The van der Waals surface area contributed by atoms with Gasteiger partial charge in [0.2, 0.25) is 0 Å². The van der Waals surface area contributed by atoms with Crippen LogP contribution in [0.3, 0.4) is 0 Å². The van der Waals surface area contributed by atoms with E-state index in [1.165, 1.54) is 0 Å². The molecule has 2 amide bonds. The van der Waals surface area contributed by atoms with Crippen LogP contribution in [0.25, 0.3) is 11.4 Å². The Kier molecular flexibility index (Phi) is 5.74. The van der Waals surface area contributed by atoms with E-state index in [0.717, 1.165) is 24.1 Å². The zero-order valence-corrected chi connectivity index (χ0v) is 19.7. The molecular formula is C23H29N5O4S. The predicted molar refractivity (Wildman–Crippen MR) is 126 cm³/mol. The minimum absolute atomic E-state index is 0.0395.